The van der Waals surface area contributed by atoms with Crippen molar-refractivity contribution in [3.05, 3.63) is 0 Å². The fourth-order valence-electron chi connectivity index (χ4n) is 0.490. The Morgan fingerprint density at radius 1 is 1.86 bits per heavy atom. The summed E-state index contributed by atoms with van der Waals surface area (Å²) in [6.45, 7) is 3.72. The summed E-state index contributed by atoms with van der Waals surface area (Å²) >= 11 is 0. The summed E-state index contributed by atoms with van der Waals surface area (Å²) in [6, 6.07) is 0. The monoisotopic (exact) mass is 100 g/mol. The van der Waals surface area contributed by atoms with Crippen LogP contribution in [0.5, 0.6) is 0 Å². The lowest BCUT2D eigenvalue weighted by Crippen LogP contribution is -2.15. The molecule has 0 saturated heterocycles. The van der Waals surface area contributed by atoms with E-state index < -0.39 is 0 Å². The van der Waals surface area contributed by atoms with Crippen molar-refractivity contribution in [3.63, 3.8) is 0 Å². The van der Waals surface area contributed by atoms with Gasteiger partial charge in [0, 0.05) is 6.92 Å². The van der Waals surface area contributed by atoms with Gasteiger partial charge in [-0.1, -0.05) is 0 Å². The van der Waals surface area contributed by atoms with Gasteiger partial charge < -0.3 is 4.74 Å². The molecule has 0 aromatic heterocycles. The number of rotatable bonds is 0. The zero-order chi connectivity index (χ0) is 5.28. The van der Waals surface area contributed by atoms with Crippen molar-refractivity contribution in [1.82, 2.24) is 5.43 Å². The topological polar surface area (TPSA) is 33.6 Å². The molecular formula is C4H8N2O. The molecule has 1 atom stereocenters. The number of hydrogen-bond acceptors (Lipinski definition) is 3. The Morgan fingerprint density at radius 2 is 2.57 bits per heavy atom. The number of hydrazone groups is 1. The summed E-state index contributed by atoms with van der Waals surface area (Å²) in [4.78, 5) is 0. The van der Waals surface area contributed by atoms with Crippen LogP contribution in [-0.2, 0) is 4.74 Å². The van der Waals surface area contributed by atoms with Crippen molar-refractivity contribution < 1.29 is 4.74 Å². The average molecular weight is 100 g/mol. The van der Waals surface area contributed by atoms with Gasteiger partial charge in [0.05, 0.1) is 0 Å². The molecule has 1 aliphatic rings. The Morgan fingerprint density at radius 3 is 2.71 bits per heavy atom. The van der Waals surface area contributed by atoms with Gasteiger partial charge in [-0.05, 0) is 6.92 Å². The molecule has 3 nitrogen and oxygen atoms in total. The summed E-state index contributed by atoms with van der Waals surface area (Å²) in [5.74, 6) is 0.715. The van der Waals surface area contributed by atoms with E-state index in [4.69, 9.17) is 4.74 Å². The van der Waals surface area contributed by atoms with Crippen molar-refractivity contribution in [2.24, 2.45) is 5.10 Å². The van der Waals surface area contributed by atoms with Gasteiger partial charge >= 0.3 is 0 Å². The van der Waals surface area contributed by atoms with Gasteiger partial charge in [-0.2, -0.15) is 0 Å². The average Bonchev–Trinajstić information content (AvgIpc) is 1.87. The van der Waals surface area contributed by atoms with Crippen molar-refractivity contribution in [3.8, 4) is 0 Å². The molecule has 0 saturated carbocycles. The molecule has 1 N–H and O–H groups in total. The Hall–Kier alpha value is -0.730. The highest BCUT2D eigenvalue weighted by Crippen LogP contribution is 1.94. The highest BCUT2D eigenvalue weighted by molar-refractivity contribution is 5.73. The van der Waals surface area contributed by atoms with E-state index in [0.717, 1.165) is 0 Å². The van der Waals surface area contributed by atoms with Crippen LogP contribution < -0.4 is 5.43 Å². The first-order valence-electron chi connectivity index (χ1n) is 2.25. The van der Waals surface area contributed by atoms with E-state index in [-0.39, 0.29) is 6.23 Å². The smallest absolute Gasteiger partial charge is 0.204 e. The van der Waals surface area contributed by atoms with Crippen LogP contribution in [0.15, 0.2) is 5.10 Å². The summed E-state index contributed by atoms with van der Waals surface area (Å²) in [5, 5.41) is 3.76. The molecule has 40 valence electrons. The second-order valence-electron chi connectivity index (χ2n) is 1.52. The SMILES string of the molecule is CC1=NN[C@H](C)O1. The van der Waals surface area contributed by atoms with Crippen LogP contribution in [0.3, 0.4) is 0 Å². The van der Waals surface area contributed by atoms with Crippen LogP contribution in [0.1, 0.15) is 13.8 Å². The van der Waals surface area contributed by atoms with Gasteiger partial charge in [-0.3, -0.25) is 5.43 Å². The molecule has 0 amide bonds. The van der Waals surface area contributed by atoms with Crippen LogP contribution in [0.2, 0.25) is 0 Å². The molecule has 0 aromatic carbocycles. The Kier molecular flexibility index (Phi) is 0.889. The molecule has 0 radical (unpaired) electrons. The number of hydrogen-bond donors (Lipinski definition) is 1. The van der Waals surface area contributed by atoms with E-state index in [1.807, 2.05) is 13.8 Å². The third-order valence-electron chi connectivity index (χ3n) is 0.751. The quantitative estimate of drug-likeness (QED) is 0.474. The van der Waals surface area contributed by atoms with Gasteiger partial charge in [0.1, 0.15) is 0 Å². The van der Waals surface area contributed by atoms with E-state index in [9.17, 15) is 0 Å². The van der Waals surface area contributed by atoms with Crippen LogP contribution in [0, 0.1) is 0 Å². The van der Waals surface area contributed by atoms with E-state index in [1.54, 1.807) is 0 Å². The molecule has 0 aromatic rings. The van der Waals surface area contributed by atoms with Crippen LogP contribution in [-0.4, -0.2) is 12.1 Å². The summed E-state index contributed by atoms with van der Waals surface area (Å²) in [6.07, 6.45) is 0.0694. The molecule has 0 fully saturated rings. The summed E-state index contributed by atoms with van der Waals surface area (Å²) in [5.41, 5.74) is 2.73. The van der Waals surface area contributed by atoms with Crippen LogP contribution in [0.4, 0.5) is 0 Å². The Bertz CT molecular complexity index is 99.9. The maximum Gasteiger partial charge on any atom is 0.204 e. The number of nitrogens with zero attached hydrogens (tertiary/aromatic N) is 1. The highest BCUT2D eigenvalue weighted by atomic mass is 16.5. The fraction of sp³-hybridized carbons (Fsp3) is 0.750. The standard InChI is InChI=1S/C4H8N2O/c1-3-5-6-4(2)7-3/h3,5H,1-2H3/t3-/m0/s1. The van der Waals surface area contributed by atoms with Gasteiger partial charge in [-0.25, -0.2) is 0 Å². The molecule has 1 aliphatic heterocycles. The first-order chi connectivity index (χ1) is 3.29. The minimum atomic E-state index is 0.0694. The van der Waals surface area contributed by atoms with E-state index in [0.29, 0.717) is 5.90 Å². The summed E-state index contributed by atoms with van der Waals surface area (Å²) < 4.78 is 5.00. The number of ether oxygens (including phenoxy) is 1. The lowest BCUT2D eigenvalue weighted by molar-refractivity contribution is 0.207. The fourth-order valence-corrected chi connectivity index (χ4v) is 0.490. The first kappa shape index (κ1) is 4.43. The van der Waals surface area contributed by atoms with Gasteiger partial charge in [0.2, 0.25) is 5.90 Å². The zero-order valence-electron chi connectivity index (χ0n) is 4.43. The maximum absolute atomic E-state index is 5.00. The predicted octanol–water partition coefficient (Wildman–Crippen LogP) is 0.286. The molecule has 1 rings (SSSR count). The van der Waals surface area contributed by atoms with Gasteiger partial charge in [0.15, 0.2) is 6.23 Å². The lowest BCUT2D eigenvalue weighted by Gasteiger charge is -1.99. The number of nitrogens with one attached hydrogen (secondary N) is 1. The third kappa shape index (κ3) is 0.824. The van der Waals surface area contributed by atoms with Crippen molar-refractivity contribution in [1.29, 1.82) is 0 Å². The molecular weight excluding hydrogens is 92.1 g/mol. The Balaban J connectivity index is 2.42. The van der Waals surface area contributed by atoms with Crippen molar-refractivity contribution in [2.75, 3.05) is 0 Å². The van der Waals surface area contributed by atoms with E-state index >= 15 is 0 Å². The molecule has 7 heavy (non-hydrogen) atoms. The van der Waals surface area contributed by atoms with E-state index in [1.165, 1.54) is 0 Å². The largest absolute Gasteiger partial charge is 0.455 e. The first-order valence-corrected chi connectivity index (χ1v) is 2.25. The van der Waals surface area contributed by atoms with Crippen LogP contribution >= 0.6 is 0 Å². The highest BCUT2D eigenvalue weighted by Gasteiger charge is 2.07. The molecule has 0 unspecified atom stereocenters. The molecule has 0 bridgehead atoms. The second kappa shape index (κ2) is 1.40. The third-order valence-corrected chi connectivity index (χ3v) is 0.751. The summed E-state index contributed by atoms with van der Waals surface area (Å²) in [7, 11) is 0. The maximum atomic E-state index is 5.00. The second-order valence-corrected chi connectivity index (χ2v) is 1.52. The lowest BCUT2D eigenvalue weighted by atomic mass is 10.7. The minimum absolute atomic E-state index is 0.0694. The van der Waals surface area contributed by atoms with Gasteiger partial charge in [0.25, 0.3) is 0 Å². The predicted molar refractivity (Wildman–Crippen MR) is 26.8 cm³/mol. The molecule has 1 heterocycles. The van der Waals surface area contributed by atoms with Crippen molar-refractivity contribution >= 4 is 5.90 Å². The minimum Gasteiger partial charge on any atom is -0.455 e. The molecule has 0 spiro atoms. The normalized spacial score (nSPS) is 28.3. The Labute approximate surface area is 42.4 Å². The van der Waals surface area contributed by atoms with Crippen LogP contribution in [0.25, 0.3) is 0 Å². The van der Waals surface area contributed by atoms with Gasteiger partial charge in [-0.15, -0.1) is 5.10 Å². The van der Waals surface area contributed by atoms with Crippen molar-refractivity contribution in [2.45, 2.75) is 20.1 Å². The van der Waals surface area contributed by atoms with E-state index in [2.05, 4.69) is 10.5 Å². The zero-order valence-corrected chi connectivity index (χ0v) is 4.43. The molecule has 0 aliphatic carbocycles. The molecule has 3 heteroatoms.